The highest BCUT2D eigenvalue weighted by atomic mass is 32.2. The first kappa shape index (κ1) is 21.0. The Morgan fingerprint density at radius 1 is 1.25 bits per heavy atom. The van der Waals surface area contributed by atoms with Crippen LogP contribution >= 0.6 is 35.3 Å². The number of carbonyl (C=O) groups is 2. The second-order valence-electron chi connectivity index (χ2n) is 6.80. The molecule has 6 nitrogen and oxygen atoms in total. The van der Waals surface area contributed by atoms with Crippen LogP contribution in [0, 0.1) is 3.95 Å². The molecule has 1 aliphatic heterocycles. The number of piperidine rings is 1. The summed E-state index contributed by atoms with van der Waals surface area (Å²) in [5.74, 6) is -0.646. The van der Waals surface area contributed by atoms with E-state index in [1.807, 2.05) is 25.0 Å². The summed E-state index contributed by atoms with van der Waals surface area (Å²) in [5.41, 5.74) is 1.17. The highest BCUT2D eigenvalue weighted by Crippen LogP contribution is 2.23. The van der Waals surface area contributed by atoms with Crippen molar-refractivity contribution < 1.29 is 14.3 Å². The van der Waals surface area contributed by atoms with Gasteiger partial charge in [-0.15, -0.1) is 5.10 Å². The number of esters is 1. The number of aromatic nitrogens is 2. The lowest BCUT2D eigenvalue weighted by atomic mass is 9.97. The van der Waals surface area contributed by atoms with E-state index in [-0.39, 0.29) is 24.6 Å². The molecule has 1 fully saturated rings. The number of rotatable bonds is 5. The van der Waals surface area contributed by atoms with Crippen molar-refractivity contribution in [2.24, 2.45) is 0 Å². The number of hydrogen-bond donors (Lipinski definition) is 0. The predicted octanol–water partition coefficient (Wildman–Crippen LogP) is 4.33. The molecule has 0 radical (unpaired) electrons. The van der Waals surface area contributed by atoms with Crippen molar-refractivity contribution in [2.45, 2.75) is 49.5 Å². The van der Waals surface area contributed by atoms with Gasteiger partial charge in [0.1, 0.15) is 0 Å². The molecule has 9 heteroatoms. The fraction of sp³-hybridized carbons (Fsp3) is 0.474. The fourth-order valence-corrected chi connectivity index (χ4v) is 5.22. The largest absolute Gasteiger partial charge is 0.452 e. The summed E-state index contributed by atoms with van der Waals surface area (Å²) in [6.07, 6.45) is 5.05. The molecular weight excluding hydrogens is 414 g/mol. The van der Waals surface area contributed by atoms with Gasteiger partial charge in [0.2, 0.25) is 0 Å². The molecule has 0 spiro atoms. The molecule has 1 amide bonds. The minimum atomic E-state index is -0.510. The molecule has 2 heterocycles. The lowest BCUT2D eigenvalue weighted by Crippen LogP contribution is -2.49. The van der Waals surface area contributed by atoms with Gasteiger partial charge in [-0.05, 0) is 75.8 Å². The zero-order valence-electron chi connectivity index (χ0n) is 16.1. The molecule has 1 aromatic carbocycles. The molecule has 0 aliphatic carbocycles. The molecule has 2 atom stereocenters. The molecule has 2 unspecified atom stereocenters. The van der Waals surface area contributed by atoms with Gasteiger partial charge in [-0.2, -0.15) is 0 Å². The summed E-state index contributed by atoms with van der Waals surface area (Å²) in [7, 11) is 0. The third-order valence-electron chi connectivity index (χ3n) is 4.86. The topological polar surface area (TPSA) is 64.4 Å². The van der Waals surface area contributed by atoms with Crippen LogP contribution in [0.1, 0.15) is 43.5 Å². The molecule has 0 saturated carbocycles. The van der Waals surface area contributed by atoms with Gasteiger partial charge in [0, 0.05) is 12.1 Å². The summed E-state index contributed by atoms with van der Waals surface area (Å²) < 4.78 is 8.46. The molecular formula is C19H23N3O3S3. The van der Waals surface area contributed by atoms with Crippen LogP contribution in [0.25, 0.3) is 5.69 Å². The number of carbonyl (C=O) groups excluding carboxylic acids is 2. The summed E-state index contributed by atoms with van der Waals surface area (Å²) in [5, 5.41) is 4.43. The first-order valence-corrected chi connectivity index (χ1v) is 11.6. The van der Waals surface area contributed by atoms with E-state index in [2.05, 4.69) is 5.10 Å². The Kier molecular flexibility index (Phi) is 6.90. The van der Waals surface area contributed by atoms with Crippen LogP contribution in [-0.2, 0) is 9.53 Å². The highest BCUT2D eigenvalue weighted by molar-refractivity contribution is 8.00. The van der Waals surface area contributed by atoms with Crippen LogP contribution < -0.4 is 0 Å². The Balaban J connectivity index is 1.62. The van der Waals surface area contributed by atoms with Gasteiger partial charge >= 0.3 is 5.97 Å². The molecule has 150 valence electrons. The molecule has 0 bridgehead atoms. The number of benzene rings is 1. The van der Waals surface area contributed by atoms with Crippen molar-refractivity contribution in [3.05, 3.63) is 33.8 Å². The summed E-state index contributed by atoms with van der Waals surface area (Å²) in [6, 6.07) is 7.23. The van der Waals surface area contributed by atoms with Crippen molar-refractivity contribution in [3.63, 3.8) is 0 Å². The maximum absolute atomic E-state index is 12.5. The SMILES string of the molecule is CSc1nn(-c2ccc(C(=O)OCC(=O)N3C(C)CCCC3C)cc2)c(=S)s1. The number of nitrogens with zero attached hydrogens (tertiary/aromatic N) is 3. The van der Waals surface area contributed by atoms with Crippen LogP contribution in [-0.4, -0.2) is 51.5 Å². The van der Waals surface area contributed by atoms with Gasteiger partial charge in [-0.3, -0.25) is 4.79 Å². The van der Waals surface area contributed by atoms with E-state index in [1.165, 1.54) is 23.1 Å². The van der Waals surface area contributed by atoms with Gasteiger partial charge in [-0.1, -0.05) is 23.1 Å². The first-order valence-electron chi connectivity index (χ1n) is 9.13. The Bertz CT molecular complexity index is 897. The van der Waals surface area contributed by atoms with E-state index >= 15 is 0 Å². The second-order valence-corrected chi connectivity index (χ2v) is 9.48. The van der Waals surface area contributed by atoms with E-state index in [0.717, 1.165) is 29.3 Å². The molecule has 1 saturated heterocycles. The smallest absolute Gasteiger partial charge is 0.338 e. The number of likely N-dealkylation sites (tertiary alicyclic amines) is 1. The maximum atomic E-state index is 12.5. The minimum Gasteiger partial charge on any atom is -0.452 e. The van der Waals surface area contributed by atoms with Crippen molar-refractivity contribution >= 4 is 47.2 Å². The summed E-state index contributed by atoms with van der Waals surface area (Å²) in [6.45, 7) is 3.85. The van der Waals surface area contributed by atoms with E-state index in [9.17, 15) is 9.59 Å². The van der Waals surface area contributed by atoms with E-state index in [4.69, 9.17) is 17.0 Å². The van der Waals surface area contributed by atoms with Crippen molar-refractivity contribution in [3.8, 4) is 5.69 Å². The average Bonchev–Trinajstić information content (AvgIpc) is 3.07. The van der Waals surface area contributed by atoms with Crippen LogP contribution in [0.4, 0.5) is 0 Å². The first-order chi connectivity index (χ1) is 13.4. The van der Waals surface area contributed by atoms with Crippen molar-refractivity contribution in [1.82, 2.24) is 14.7 Å². The van der Waals surface area contributed by atoms with Crippen molar-refractivity contribution in [1.29, 1.82) is 0 Å². The molecule has 1 aliphatic rings. The Morgan fingerprint density at radius 3 is 2.46 bits per heavy atom. The van der Waals surface area contributed by atoms with Gasteiger partial charge in [0.05, 0.1) is 11.3 Å². The average molecular weight is 438 g/mol. The van der Waals surface area contributed by atoms with E-state index in [0.29, 0.717) is 9.52 Å². The molecule has 2 aromatic rings. The molecule has 28 heavy (non-hydrogen) atoms. The van der Waals surface area contributed by atoms with Crippen LogP contribution in [0.3, 0.4) is 0 Å². The number of ether oxygens (including phenoxy) is 1. The van der Waals surface area contributed by atoms with Crippen LogP contribution in [0.15, 0.2) is 28.6 Å². The zero-order valence-corrected chi connectivity index (χ0v) is 18.5. The van der Waals surface area contributed by atoms with Gasteiger partial charge < -0.3 is 9.64 Å². The third-order valence-corrected chi connectivity index (χ3v) is 7.07. The number of hydrogen-bond acceptors (Lipinski definition) is 7. The monoisotopic (exact) mass is 437 g/mol. The Morgan fingerprint density at radius 2 is 1.89 bits per heavy atom. The normalized spacial score (nSPS) is 19.5. The Labute approximate surface area is 177 Å². The van der Waals surface area contributed by atoms with Gasteiger partial charge in [-0.25, -0.2) is 9.48 Å². The quantitative estimate of drug-likeness (QED) is 0.394. The Hall–Kier alpha value is -1.71. The lowest BCUT2D eigenvalue weighted by Gasteiger charge is -2.38. The highest BCUT2D eigenvalue weighted by Gasteiger charge is 2.29. The van der Waals surface area contributed by atoms with Crippen LogP contribution in [0.2, 0.25) is 0 Å². The number of amides is 1. The van der Waals surface area contributed by atoms with E-state index < -0.39 is 5.97 Å². The predicted molar refractivity (Wildman–Crippen MR) is 114 cm³/mol. The van der Waals surface area contributed by atoms with Crippen LogP contribution in [0.5, 0.6) is 0 Å². The standard InChI is InChI=1S/C19H23N3O3S3/c1-12-5-4-6-13(2)21(12)16(23)11-25-17(24)14-7-9-15(10-8-14)22-19(26)28-18(20-22)27-3/h7-10,12-13H,4-6,11H2,1-3H3. The fourth-order valence-electron chi connectivity index (χ4n) is 3.44. The zero-order chi connectivity index (χ0) is 20.3. The molecule has 3 rings (SSSR count). The minimum absolute atomic E-state index is 0.136. The second kappa shape index (κ2) is 9.19. The lowest BCUT2D eigenvalue weighted by molar-refractivity contribution is -0.140. The summed E-state index contributed by atoms with van der Waals surface area (Å²) >= 11 is 8.31. The third kappa shape index (κ3) is 4.64. The summed E-state index contributed by atoms with van der Waals surface area (Å²) in [4.78, 5) is 26.7. The van der Waals surface area contributed by atoms with Crippen molar-refractivity contribution in [2.75, 3.05) is 12.9 Å². The number of thioether (sulfide) groups is 1. The van der Waals surface area contributed by atoms with Gasteiger partial charge in [0.25, 0.3) is 5.91 Å². The van der Waals surface area contributed by atoms with E-state index in [1.54, 1.807) is 28.9 Å². The maximum Gasteiger partial charge on any atom is 0.338 e. The molecule has 1 aromatic heterocycles. The van der Waals surface area contributed by atoms with Gasteiger partial charge in [0.15, 0.2) is 14.9 Å². The molecule has 0 N–H and O–H groups in total.